The number of nitrogens with two attached hydrogens (primary N) is 1. The summed E-state index contributed by atoms with van der Waals surface area (Å²) in [6.45, 7) is 0. The topological polar surface area (TPSA) is 89.6 Å². The zero-order valence-corrected chi connectivity index (χ0v) is 9.90. The molecule has 0 radical (unpaired) electrons. The van der Waals surface area contributed by atoms with Gasteiger partial charge in [-0.05, 0) is 24.1 Å². The Hall–Kier alpha value is -1.59. The lowest BCUT2D eigenvalue weighted by Gasteiger charge is -2.09. The molecule has 0 bridgehead atoms. The fourth-order valence-electron chi connectivity index (χ4n) is 1.35. The van der Waals surface area contributed by atoms with Crippen molar-refractivity contribution >= 4 is 23.5 Å². The quantitative estimate of drug-likeness (QED) is 0.788. The average molecular weight is 258 g/mol. The number of carbonyl (C=O) groups excluding carboxylic acids is 1. The van der Waals surface area contributed by atoms with E-state index in [1.54, 1.807) is 6.07 Å². The molecule has 3 N–H and O–H groups in total. The zero-order valence-electron chi connectivity index (χ0n) is 9.14. The van der Waals surface area contributed by atoms with Gasteiger partial charge in [-0.2, -0.15) is 0 Å². The Morgan fingerprint density at radius 1 is 1.53 bits per heavy atom. The van der Waals surface area contributed by atoms with E-state index in [-0.39, 0.29) is 17.0 Å². The van der Waals surface area contributed by atoms with Crippen LogP contribution in [0.25, 0.3) is 0 Å². The van der Waals surface area contributed by atoms with Crippen molar-refractivity contribution in [3.8, 4) is 0 Å². The third-order valence-electron chi connectivity index (χ3n) is 2.22. The fraction of sp³-hybridized carbons (Fsp3) is 0.273. The molecule has 1 aromatic carbocycles. The molecule has 5 nitrogen and oxygen atoms in total. The van der Waals surface area contributed by atoms with Crippen molar-refractivity contribution in [2.24, 2.45) is 5.73 Å². The molecule has 0 amide bonds. The van der Waals surface area contributed by atoms with Gasteiger partial charge in [-0.1, -0.05) is 17.7 Å². The Morgan fingerprint density at radius 2 is 2.18 bits per heavy atom. The van der Waals surface area contributed by atoms with E-state index in [0.29, 0.717) is 5.56 Å². The largest absolute Gasteiger partial charge is 0.478 e. The highest BCUT2D eigenvalue weighted by atomic mass is 35.5. The molecular weight excluding hydrogens is 246 g/mol. The third-order valence-corrected chi connectivity index (χ3v) is 2.54. The normalized spacial score (nSPS) is 11.9. The van der Waals surface area contributed by atoms with Crippen molar-refractivity contribution in [2.45, 2.75) is 12.5 Å². The number of carboxylic acids is 1. The van der Waals surface area contributed by atoms with Gasteiger partial charge in [0.05, 0.1) is 17.7 Å². The minimum atomic E-state index is -1.10. The molecule has 1 aromatic rings. The van der Waals surface area contributed by atoms with Gasteiger partial charge in [0, 0.05) is 0 Å². The van der Waals surface area contributed by atoms with Crippen LogP contribution in [0.15, 0.2) is 18.2 Å². The maximum absolute atomic E-state index is 11.1. The van der Waals surface area contributed by atoms with Crippen molar-refractivity contribution < 1.29 is 19.4 Å². The van der Waals surface area contributed by atoms with Crippen molar-refractivity contribution in [3.63, 3.8) is 0 Å². The Bertz CT molecular complexity index is 447. The van der Waals surface area contributed by atoms with E-state index in [2.05, 4.69) is 4.74 Å². The molecule has 0 unspecified atom stereocenters. The van der Waals surface area contributed by atoms with Crippen LogP contribution in [0, 0.1) is 0 Å². The lowest BCUT2D eigenvalue weighted by Crippen LogP contribution is -2.33. The summed E-state index contributed by atoms with van der Waals surface area (Å²) in [6.07, 6.45) is 0.242. The van der Waals surface area contributed by atoms with E-state index in [9.17, 15) is 9.59 Å². The number of rotatable bonds is 4. The molecule has 0 saturated heterocycles. The van der Waals surface area contributed by atoms with Gasteiger partial charge < -0.3 is 15.6 Å². The summed E-state index contributed by atoms with van der Waals surface area (Å²) < 4.78 is 4.49. The van der Waals surface area contributed by atoms with Gasteiger partial charge in [0.2, 0.25) is 0 Å². The molecule has 92 valence electrons. The third kappa shape index (κ3) is 3.44. The standard InChI is InChI=1S/C11H12ClNO4/c1-17-11(16)9(13)5-6-2-3-7(10(14)15)8(12)4-6/h2-4,9H,5,13H2,1H3,(H,14,15)/t9-/m0/s1. The lowest BCUT2D eigenvalue weighted by molar-refractivity contribution is -0.142. The number of ether oxygens (including phenoxy) is 1. The van der Waals surface area contributed by atoms with Crippen molar-refractivity contribution in [3.05, 3.63) is 34.3 Å². The van der Waals surface area contributed by atoms with E-state index in [1.807, 2.05) is 0 Å². The van der Waals surface area contributed by atoms with Gasteiger partial charge in [0.15, 0.2) is 0 Å². The van der Waals surface area contributed by atoms with E-state index >= 15 is 0 Å². The van der Waals surface area contributed by atoms with Gasteiger partial charge in [-0.25, -0.2) is 4.79 Å². The second-order valence-corrected chi connectivity index (χ2v) is 3.86. The first-order valence-electron chi connectivity index (χ1n) is 4.81. The van der Waals surface area contributed by atoms with Crippen LogP contribution in [-0.2, 0) is 16.0 Å². The molecule has 0 fully saturated rings. The van der Waals surface area contributed by atoms with Crippen LogP contribution >= 0.6 is 11.6 Å². The summed E-state index contributed by atoms with van der Waals surface area (Å²) in [5.41, 5.74) is 6.27. The molecule has 0 heterocycles. The Labute approximate surface area is 103 Å². The molecule has 0 spiro atoms. The maximum Gasteiger partial charge on any atom is 0.337 e. The van der Waals surface area contributed by atoms with Gasteiger partial charge in [-0.3, -0.25) is 4.79 Å². The van der Waals surface area contributed by atoms with Crippen molar-refractivity contribution in [1.29, 1.82) is 0 Å². The second-order valence-electron chi connectivity index (χ2n) is 3.45. The van der Waals surface area contributed by atoms with Crippen LogP contribution in [0.3, 0.4) is 0 Å². The van der Waals surface area contributed by atoms with Gasteiger partial charge >= 0.3 is 11.9 Å². The first kappa shape index (κ1) is 13.5. The smallest absolute Gasteiger partial charge is 0.337 e. The number of aromatic carboxylic acids is 1. The van der Waals surface area contributed by atoms with Crippen LogP contribution in [0.5, 0.6) is 0 Å². The van der Waals surface area contributed by atoms with E-state index < -0.39 is 18.0 Å². The number of hydrogen-bond acceptors (Lipinski definition) is 4. The molecule has 0 aliphatic rings. The first-order chi connectivity index (χ1) is 7.95. The number of esters is 1. The summed E-state index contributed by atoms with van der Waals surface area (Å²) in [4.78, 5) is 21.8. The summed E-state index contributed by atoms with van der Waals surface area (Å²) in [5.74, 6) is -1.62. The van der Waals surface area contributed by atoms with Gasteiger partial charge in [-0.15, -0.1) is 0 Å². The predicted octanol–water partition coefficient (Wildman–Crippen LogP) is 1.08. The highest BCUT2D eigenvalue weighted by molar-refractivity contribution is 6.33. The van der Waals surface area contributed by atoms with Gasteiger partial charge in [0.25, 0.3) is 0 Å². The number of carboxylic acid groups (broad SMARTS) is 1. The summed E-state index contributed by atoms with van der Waals surface area (Å²) in [7, 11) is 1.25. The number of methoxy groups -OCH3 is 1. The number of benzene rings is 1. The minimum absolute atomic E-state index is 0.0158. The molecule has 0 aliphatic carbocycles. The molecule has 1 rings (SSSR count). The lowest BCUT2D eigenvalue weighted by atomic mass is 10.0. The summed E-state index contributed by atoms with van der Waals surface area (Å²) >= 11 is 5.78. The Balaban J connectivity index is 2.84. The molecule has 0 aromatic heterocycles. The number of hydrogen-bond donors (Lipinski definition) is 2. The fourth-order valence-corrected chi connectivity index (χ4v) is 1.63. The van der Waals surface area contributed by atoms with Crippen LogP contribution in [0.1, 0.15) is 15.9 Å². The number of carbonyl (C=O) groups is 2. The molecular formula is C11H12ClNO4. The summed E-state index contributed by atoms with van der Waals surface area (Å²) in [5, 5.41) is 8.90. The van der Waals surface area contributed by atoms with Crippen molar-refractivity contribution in [1.82, 2.24) is 0 Å². The van der Waals surface area contributed by atoms with Crippen LogP contribution in [0.4, 0.5) is 0 Å². The molecule has 0 saturated carbocycles. The van der Waals surface area contributed by atoms with E-state index in [4.69, 9.17) is 22.4 Å². The van der Waals surface area contributed by atoms with Gasteiger partial charge in [0.1, 0.15) is 6.04 Å². The van der Waals surface area contributed by atoms with E-state index in [0.717, 1.165) is 0 Å². The minimum Gasteiger partial charge on any atom is -0.478 e. The Morgan fingerprint density at radius 3 is 2.65 bits per heavy atom. The van der Waals surface area contributed by atoms with Crippen LogP contribution < -0.4 is 5.73 Å². The number of halogens is 1. The maximum atomic E-state index is 11.1. The van der Waals surface area contributed by atoms with Crippen molar-refractivity contribution in [2.75, 3.05) is 7.11 Å². The molecule has 0 aliphatic heterocycles. The van der Waals surface area contributed by atoms with E-state index in [1.165, 1.54) is 19.2 Å². The second kappa shape index (κ2) is 5.65. The molecule has 1 atom stereocenters. The Kier molecular flexibility index (Phi) is 4.48. The summed E-state index contributed by atoms with van der Waals surface area (Å²) in [6, 6.07) is 3.64. The first-order valence-corrected chi connectivity index (χ1v) is 5.18. The zero-order chi connectivity index (χ0) is 13.0. The average Bonchev–Trinajstić information content (AvgIpc) is 2.27. The monoisotopic (exact) mass is 257 g/mol. The molecule has 6 heteroatoms. The predicted molar refractivity (Wildman–Crippen MR) is 62.1 cm³/mol. The molecule has 17 heavy (non-hydrogen) atoms. The highest BCUT2D eigenvalue weighted by Crippen LogP contribution is 2.18. The van der Waals surface area contributed by atoms with Crippen LogP contribution in [0.2, 0.25) is 5.02 Å². The van der Waals surface area contributed by atoms with Crippen LogP contribution in [-0.4, -0.2) is 30.2 Å². The highest BCUT2D eigenvalue weighted by Gasteiger charge is 2.16. The SMILES string of the molecule is COC(=O)[C@@H](N)Cc1ccc(C(=O)O)c(Cl)c1.